The number of nitrogens with zero attached hydrogens (tertiary/aromatic N) is 1. The molecule has 7 nitrogen and oxygen atoms in total. The molecule has 0 saturated carbocycles. The van der Waals surface area contributed by atoms with Gasteiger partial charge in [-0.25, -0.2) is 8.42 Å². The highest BCUT2D eigenvalue weighted by atomic mass is 32.2. The number of para-hydroxylation sites is 1. The first kappa shape index (κ1) is 26.8. The van der Waals surface area contributed by atoms with Crippen LogP contribution in [0.2, 0.25) is 0 Å². The Balaban J connectivity index is 1.66. The first-order valence-electron chi connectivity index (χ1n) is 12.2. The van der Waals surface area contributed by atoms with Gasteiger partial charge in [0.15, 0.2) is 0 Å². The average Bonchev–Trinajstić information content (AvgIpc) is 2.96. The molecule has 0 unspecified atom stereocenters. The van der Waals surface area contributed by atoms with E-state index in [1.54, 1.807) is 36.4 Å². The van der Waals surface area contributed by atoms with Crippen LogP contribution in [-0.4, -0.2) is 28.0 Å². The van der Waals surface area contributed by atoms with Gasteiger partial charge in [-0.2, -0.15) is 0 Å². The van der Waals surface area contributed by atoms with Crippen molar-refractivity contribution in [2.24, 2.45) is 0 Å². The Hall–Kier alpha value is -4.30. The fraction of sp³-hybridized carbons (Fsp3) is 0.167. The van der Waals surface area contributed by atoms with Gasteiger partial charge in [-0.1, -0.05) is 54.6 Å². The predicted molar refractivity (Wildman–Crippen MR) is 148 cm³/mol. The zero-order chi connectivity index (χ0) is 27.0. The van der Waals surface area contributed by atoms with Crippen LogP contribution in [0.15, 0.2) is 108 Å². The van der Waals surface area contributed by atoms with Crippen LogP contribution in [0.25, 0.3) is 0 Å². The molecule has 0 fully saturated rings. The maximum atomic E-state index is 13.9. The molecule has 0 aliphatic rings. The number of carbonyl (C=O) groups is 1. The van der Waals surface area contributed by atoms with Gasteiger partial charge in [0.1, 0.15) is 11.5 Å². The summed E-state index contributed by atoms with van der Waals surface area (Å²) in [7, 11) is -2.51. The van der Waals surface area contributed by atoms with Crippen molar-refractivity contribution in [1.82, 2.24) is 5.32 Å². The number of carbonyl (C=O) groups excluding carboxylic acids is 1. The van der Waals surface area contributed by atoms with Gasteiger partial charge in [0.05, 0.1) is 36.4 Å². The number of methoxy groups -OCH3 is 1. The van der Waals surface area contributed by atoms with Crippen LogP contribution in [0.1, 0.15) is 28.4 Å². The van der Waals surface area contributed by atoms with Crippen molar-refractivity contribution in [3.63, 3.8) is 0 Å². The average molecular weight is 531 g/mol. The van der Waals surface area contributed by atoms with E-state index in [1.165, 1.54) is 23.5 Å². The summed E-state index contributed by atoms with van der Waals surface area (Å²) in [6.07, 6.45) is 0. The van der Waals surface area contributed by atoms with Crippen molar-refractivity contribution in [1.29, 1.82) is 0 Å². The molecule has 0 bridgehead atoms. The summed E-state index contributed by atoms with van der Waals surface area (Å²) in [6.45, 7) is 2.83. The van der Waals surface area contributed by atoms with Gasteiger partial charge >= 0.3 is 0 Å². The van der Waals surface area contributed by atoms with E-state index in [0.717, 1.165) is 16.9 Å². The third kappa shape index (κ3) is 6.33. The van der Waals surface area contributed by atoms with Gasteiger partial charge in [-0.05, 0) is 66.6 Å². The molecular weight excluding hydrogens is 500 g/mol. The van der Waals surface area contributed by atoms with Crippen molar-refractivity contribution < 1.29 is 22.7 Å². The third-order valence-electron chi connectivity index (χ3n) is 5.92. The summed E-state index contributed by atoms with van der Waals surface area (Å²) >= 11 is 0. The fourth-order valence-corrected chi connectivity index (χ4v) is 5.43. The van der Waals surface area contributed by atoms with E-state index in [1.807, 2.05) is 61.5 Å². The minimum absolute atomic E-state index is 0.0540. The molecule has 0 radical (unpaired) electrons. The number of sulfonamides is 1. The second kappa shape index (κ2) is 12.3. The predicted octanol–water partition coefficient (Wildman–Crippen LogP) is 5.42. The zero-order valence-electron chi connectivity index (χ0n) is 21.3. The van der Waals surface area contributed by atoms with Gasteiger partial charge in [0.2, 0.25) is 0 Å². The van der Waals surface area contributed by atoms with Crippen LogP contribution in [0.3, 0.4) is 0 Å². The van der Waals surface area contributed by atoms with Gasteiger partial charge < -0.3 is 14.8 Å². The maximum absolute atomic E-state index is 13.9. The normalized spacial score (nSPS) is 11.0. The molecule has 0 saturated heterocycles. The standard InChI is InChI=1S/C30H30N2O5S/c1-3-37-26-15-13-23(14-16-26)21-31-30(33)28-11-7-8-12-29(28)32(22-24-9-5-4-6-10-24)38(34,35)27-19-17-25(36-2)18-20-27/h4-20H,3,21-22H2,1-2H3,(H,31,33). The Bertz CT molecular complexity index is 1460. The molecular formula is C30H30N2O5S. The number of benzene rings is 4. The van der Waals surface area contributed by atoms with E-state index in [-0.39, 0.29) is 35.1 Å². The second-order valence-electron chi connectivity index (χ2n) is 8.45. The molecule has 4 rings (SSSR count). The van der Waals surface area contributed by atoms with E-state index in [0.29, 0.717) is 12.4 Å². The van der Waals surface area contributed by atoms with Gasteiger partial charge in [0.25, 0.3) is 15.9 Å². The Kier molecular flexibility index (Phi) is 8.66. The summed E-state index contributed by atoms with van der Waals surface area (Å²) in [5.41, 5.74) is 2.23. The minimum Gasteiger partial charge on any atom is -0.497 e. The number of amides is 1. The van der Waals surface area contributed by atoms with Crippen molar-refractivity contribution >= 4 is 21.6 Å². The number of hydrogen-bond donors (Lipinski definition) is 1. The van der Waals surface area contributed by atoms with Crippen molar-refractivity contribution in [2.75, 3.05) is 18.0 Å². The van der Waals surface area contributed by atoms with Crippen molar-refractivity contribution in [3.05, 3.63) is 120 Å². The van der Waals surface area contributed by atoms with Crippen LogP contribution in [0.4, 0.5) is 5.69 Å². The number of ether oxygens (including phenoxy) is 2. The number of nitrogens with one attached hydrogen (secondary N) is 1. The molecule has 0 atom stereocenters. The fourth-order valence-electron chi connectivity index (χ4n) is 3.95. The van der Waals surface area contributed by atoms with E-state index in [4.69, 9.17) is 9.47 Å². The highest BCUT2D eigenvalue weighted by molar-refractivity contribution is 7.92. The second-order valence-corrected chi connectivity index (χ2v) is 10.3. The first-order valence-corrected chi connectivity index (χ1v) is 13.7. The topological polar surface area (TPSA) is 84.9 Å². The lowest BCUT2D eigenvalue weighted by molar-refractivity contribution is 0.0951. The van der Waals surface area contributed by atoms with Crippen LogP contribution >= 0.6 is 0 Å². The largest absolute Gasteiger partial charge is 0.497 e. The maximum Gasteiger partial charge on any atom is 0.264 e. The zero-order valence-corrected chi connectivity index (χ0v) is 22.1. The molecule has 0 aromatic heterocycles. The summed E-state index contributed by atoms with van der Waals surface area (Å²) < 4.78 is 39.8. The third-order valence-corrected chi connectivity index (χ3v) is 7.70. The quantitative estimate of drug-likeness (QED) is 0.280. The molecule has 1 amide bonds. The van der Waals surface area contributed by atoms with E-state index >= 15 is 0 Å². The lowest BCUT2D eigenvalue weighted by Crippen LogP contribution is -2.33. The minimum atomic E-state index is -4.03. The molecule has 196 valence electrons. The molecule has 4 aromatic carbocycles. The highest BCUT2D eigenvalue weighted by Crippen LogP contribution is 2.30. The van der Waals surface area contributed by atoms with E-state index in [9.17, 15) is 13.2 Å². The molecule has 0 heterocycles. The van der Waals surface area contributed by atoms with Crippen molar-refractivity contribution in [3.8, 4) is 11.5 Å². The molecule has 8 heteroatoms. The molecule has 1 N–H and O–H groups in total. The molecule has 0 spiro atoms. The molecule has 0 aliphatic heterocycles. The highest BCUT2D eigenvalue weighted by Gasteiger charge is 2.28. The van der Waals surface area contributed by atoms with E-state index < -0.39 is 10.0 Å². The lowest BCUT2D eigenvalue weighted by atomic mass is 10.1. The van der Waals surface area contributed by atoms with E-state index in [2.05, 4.69) is 5.32 Å². The number of anilines is 1. The molecule has 0 aliphatic carbocycles. The number of rotatable bonds is 11. The number of hydrogen-bond acceptors (Lipinski definition) is 5. The van der Waals surface area contributed by atoms with Gasteiger partial charge in [-0.15, -0.1) is 0 Å². The van der Waals surface area contributed by atoms with Crippen LogP contribution < -0.4 is 19.1 Å². The lowest BCUT2D eigenvalue weighted by Gasteiger charge is -2.26. The van der Waals surface area contributed by atoms with Crippen LogP contribution in [-0.2, 0) is 23.1 Å². The van der Waals surface area contributed by atoms with Crippen LogP contribution in [0.5, 0.6) is 11.5 Å². The Morgan fingerprint density at radius 3 is 2.08 bits per heavy atom. The Labute approximate surface area is 223 Å². The van der Waals surface area contributed by atoms with Gasteiger partial charge in [0, 0.05) is 6.54 Å². The Morgan fingerprint density at radius 2 is 1.42 bits per heavy atom. The monoisotopic (exact) mass is 530 g/mol. The molecule has 38 heavy (non-hydrogen) atoms. The van der Waals surface area contributed by atoms with Crippen LogP contribution in [0, 0.1) is 0 Å². The summed E-state index contributed by atoms with van der Waals surface area (Å²) in [5, 5.41) is 2.91. The molecule has 4 aromatic rings. The SMILES string of the molecule is CCOc1ccc(CNC(=O)c2ccccc2N(Cc2ccccc2)S(=O)(=O)c2ccc(OC)cc2)cc1. The Morgan fingerprint density at radius 1 is 0.789 bits per heavy atom. The first-order chi connectivity index (χ1) is 18.4. The van der Waals surface area contributed by atoms with Crippen molar-refractivity contribution in [2.45, 2.75) is 24.9 Å². The smallest absolute Gasteiger partial charge is 0.264 e. The summed E-state index contributed by atoms with van der Waals surface area (Å²) in [4.78, 5) is 13.4. The van der Waals surface area contributed by atoms with Gasteiger partial charge in [-0.3, -0.25) is 9.10 Å². The summed E-state index contributed by atoms with van der Waals surface area (Å²) in [5.74, 6) is 0.929. The summed E-state index contributed by atoms with van der Waals surface area (Å²) in [6, 6.07) is 29.7.